The Labute approximate surface area is 163 Å². The highest BCUT2D eigenvalue weighted by Crippen LogP contribution is 2.29. The van der Waals surface area contributed by atoms with E-state index < -0.39 is 11.7 Å². The van der Waals surface area contributed by atoms with Gasteiger partial charge in [-0.25, -0.2) is 0 Å². The molecule has 3 aromatic carbocycles. The van der Waals surface area contributed by atoms with Crippen LogP contribution in [0.5, 0.6) is 0 Å². The summed E-state index contributed by atoms with van der Waals surface area (Å²) in [6.07, 6.45) is -4.32. The minimum atomic E-state index is -4.32. The van der Waals surface area contributed by atoms with Crippen LogP contribution in [0.1, 0.15) is 29.7 Å². The minimum Gasteiger partial charge on any atom is -0.300 e. The summed E-state index contributed by atoms with van der Waals surface area (Å²) < 4.78 is 37.6. The molecule has 1 atom stereocenters. The van der Waals surface area contributed by atoms with Gasteiger partial charge >= 0.3 is 6.18 Å². The molecule has 0 aliphatic heterocycles. The van der Waals surface area contributed by atoms with Crippen LogP contribution in [0, 0.1) is 11.8 Å². The lowest BCUT2D eigenvalue weighted by molar-refractivity contribution is -0.137. The molecule has 1 N–H and O–H groups in total. The lowest BCUT2D eigenvalue weighted by Crippen LogP contribution is -2.19. The van der Waals surface area contributed by atoms with Gasteiger partial charge in [-0.05, 0) is 47.5 Å². The molecule has 5 heteroatoms. The summed E-state index contributed by atoms with van der Waals surface area (Å²) in [4.78, 5) is 0. The molecule has 1 nitrogen and oxygen atoms in total. The van der Waals surface area contributed by atoms with E-state index in [2.05, 4.69) is 48.3 Å². The van der Waals surface area contributed by atoms with Crippen LogP contribution in [0.15, 0.2) is 66.7 Å². The van der Waals surface area contributed by atoms with Crippen molar-refractivity contribution < 1.29 is 13.2 Å². The predicted octanol–water partition coefficient (Wildman–Crippen LogP) is 5.98. The Hall–Kier alpha value is -2.48. The summed E-state index contributed by atoms with van der Waals surface area (Å²) in [5, 5.41) is 5.73. The van der Waals surface area contributed by atoms with E-state index >= 15 is 0 Å². The number of fused-ring (bicyclic) bond motifs is 1. The molecule has 0 heterocycles. The van der Waals surface area contributed by atoms with E-state index in [1.54, 1.807) is 0 Å². The molecular weight excluding hydrogens is 371 g/mol. The number of benzene rings is 3. The van der Waals surface area contributed by atoms with Crippen molar-refractivity contribution >= 4 is 23.2 Å². The Morgan fingerprint density at radius 2 is 1.59 bits per heavy atom. The highest BCUT2D eigenvalue weighted by Gasteiger charge is 2.29. The summed E-state index contributed by atoms with van der Waals surface area (Å²) in [5.41, 5.74) is 1.10. The Kier molecular flexibility index (Phi) is 6.90. The minimum absolute atomic E-state index is 0. The number of alkyl halides is 3. The molecule has 0 unspecified atom stereocenters. The SMILES string of the molecule is C[C@@H](NCC#Cc1ccc(C(F)(F)F)cc1)c1cccc2ccccc12.Cl. The van der Waals surface area contributed by atoms with Crippen molar-refractivity contribution in [2.24, 2.45) is 0 Å². The Balaban J connectivity index is 0.00000261. The lowest BCUT2D eigenvalue weighted by atomic mass is 10.00. The van der Waals surface area contributed by atoms with Crippen LogP contribution in [-0.2, 0) is 6.18 Å². The monoisotopic (exact) mass is 389 g/mol. The third kappa shape index (κ3) is 5.26. The van der Waals surface area contributed by atoms with Gasteiger partial charge in [-0.3, -0.25) is 5.32 Å². The molecule has 0 spiro atoms. The molecule has 0 bridgehead atoms. The average molecular weight is 390 g/mol. The van der Waals surface area contributed by atoms with Gasteiger partial charge in [-0.15, -0.1) is 12.4 Å². The highest BCUT2D eigenvalue weighted by atomic mass is 35.5. The second-order valence-corrected chi connectivity index (χ2v) is 6.05. The van der Waals surface area contributed by atoms with Crippen LogP contribution in [-0.4, -0.2) is 6.54 Å². The fourth-order valence-electron chi connectivity index (χ4n) is 2.83. The van der Waals surface area contributed by atoms with E-state index in [4.69, 9.17) is 0 Å². The second kappa shape index (κ2) is 8.94. The van der Waals surface area contributed by atoms with Crippen LogP contribution in [0.25, 0.3) is 10.8 Å². The Bertz CT molecular complexity index is 948. The summed E-state index contributed by atoms with van der Waals surface area (Å²) >= 11 is 0. The first-order valence-electron chi connectivity index (χ1n) is 8.32. The molecule has 0 amide bonds. The maximum atomic E-state index is 12.5. The van der Waals surface area contributed by atoms with E-state index in [-0.39, 0.29) is 18.4 Å². The summed E-state index contributed by atoms with van der Waals surface area (Å²) in [6, 6.07) is 19.4. The van der Waals surface area contributed by atoms with Crippen molar-refractivity contribution in [2.75, 3.05) is 6.54 Å². The predicted molar refractivity (Wildman–Crippen MR) is 106 cm³/mol. The van der Waals surface area contributed by atoms with Crippen LogP contribution in [0.2, 0.25) is 0 Å². The number of halogens is 4. The zero-order chi connectivity index (χ0) is 18.6. The van der Waals surface area contributed by atoms with Crippen LogP contribution in [0.4, 0.5) is 13.2 Å². The molecule has 0 aromatic heterocycles. The van der Waals surface area contributed by atoms with Gasteiger partial charge in [0.1, 0.15) is 0 Å². The van der Waals surface area contributed by atoms with Crippen molar-refractivity contribution in [3.8, 4) is 11.8 Å². The van der Waals surface area contributed by atoms with Crippen molar-refractivity contribution in [1.29, 1.82) is 0 Å². The maximum absolute atomic E-state index is 12.5. The molecular formula is C22H19ClF3N. The number of nitrogens with one attached hydrogen (secondary N) is 1. The smallest absolute Gasteiger partial charge is 0.300 e. The van der Waals surface area contributed by atoms with Gasteiger partial charge in [-0.1, -0.05) is 54.3 Å². The van der Waals surface area contributed by atoms with Gasteiger partial charge in [0.25, 0.3) is 0 Å². The van der Waals surface area contributed by atoms with Crippen molar-refractivity contribution in [1.82, 2.24) is 5.32 Å². The summed E-state index contributed by atoms with van der Waals surface area (Å²) in [6.45, 7) is 2.52. The molecule has 140 valence electrons. The van der Waals surface area contributed by atoms with Crippen LogP contribution < -0.4 is 5.32 Å². The van der Waals surface area contributed by atoms with E-state index in [1.165, 1.54) is 28.5 Å². The van der Waals surface area contributed by atoms with E-state index in [0.29, 0.717) is 12.1 Å². The second-order valence-electron chi connectivity index (χ2n) is 6.05. The maximum Gasteiger partial charge on any atom is 0.416 e. The van der Waals surface area contributed by atoms with Gasteiger partial charge in [0.15, 0.2) is 0 Å². The van der Waals surface area contributed by atoms with Gasteiger partial charge < -0.3 is 0 Å². The zero-order valence-corrected chi connectivity index (χ0v) is 15.5. The topological polar surface area (TPSA) is 12.0 Å². The molecule has 27 heavy (non-hydrogen) atoms. The van der Waals surface area contributed by atoms with E-state index in [0.717, 1.165) is 12.1 Å². The molecule has 3 rings (SSSR count). The standard InChI is InChI=1S/C22H18F3N.ClH/c1-16(20-10-4-8-18-7-2-3-9-21(18)20)26-15-5-6-17-11-13-19(14-12-17)22(23,24)25;/h2-4,7-14,16,26H,15H2,1H3;1H/t16-;/m1./s1. The normalized spacial score (nSPS) is 12.0. The largest absolute Gasteiger partial charge is 0.416 e. The third-order valence-electron chi connectivity index (χ3n) is 4.23. The van der Waals surface area contributed by atoms with Gasteiger partial charge in [0.2, 0.25) is 0 Å². The van der Waals surface area contributed by atoms with E-state index in [1.807, 2.05) is 18.2 Å². The number of hydrogen-bond donors (Lipinski definition) is 1. The summed E-state index contributed by atoms with van der Waals surface area (Å²) in [7, 11) is 0. The van der Waals surface area contributed by atoms with Crippen LogP contribution >= 0.6 is 12.4 Å². The zero-order valence-electron chi connectivity index (χ0n) is 14.7. The van der Waals surface area contributed by atoms with Gasteiger partial charge in [0.05, 0.1) is 12.1 Å². The van der Waals surface area contributed by atoms with Crippen molar-refractivity contribution in [2.45, 2.75) is 19.1 Å². The van der Waals surface area contributed by atoms with E-state index in [9.17, 15) is 13.2 Å². The summed E-state index contributed by atoms with van der Waals surface area (Å²) in [5.74, 6) is 5.85. The first-order chi connectivity index (χ1) is 12.4. The van der Waals surface area contributed by atoms with Crippen LogP contribution in [0.3, 0.4) is 0 Å². The molecule has 0 saturated heterocycles. The molecule has 0 radical (unpaired) electrons. The number of hydrogen-bond acceptors (Lipinski definition) is 1. The molecule has 3 aromatic rings. The first-order valence-corrected chi connectivity index (χ1v) is 8.32. The lowest BCUT2D eigenvalue weighted by Gasteiger charge is -2.15. The fourth-order valence-corrected chi connectivity index (χ4v) is 2.83. The van der Waals surface area contributed by atoms with Gasteiger partial charge in [-0.2, -0.15) is 13.2 Å². The quantitative estimate of drug-likeness (QED) is 0.543. The fraction of sp³-hybridized carbons (Fsp3) is 0.182. The van der Waals surface area contributed by atoms with Crippen molar-refractivity contribution in [3.05, 3.63) is 83.4 Å². The molecule has 0 fully saturated rings. The van der Waals surface area contributed by atoms with Gasteiger partial charge in [0, 0.05) is 11.6 Å². The average Bonchev–Trinajstić information content (AvgIpc) is 2.64. The van der Waals surface area contributed by atoms with Crippen molar-refractivity contribution in [3.63, 3.8) is 0 Å². The molecule has 0 aliphatic rings. The molecule has 0 saturated carbocycles. The number of rotatable bonds is 3. The Morgan fingerprint density at radius 1 is 0.926 bits per heavy atom. The highest BCUT2D eigenvalue weighted by molar-refractivity contribution is 5.86. The third-order valence-corrected chi connectivity index (χ3v) is 4.23. The molecule has 0 aliphatic carbocycles. The first kappa shape index (κ1) is 20.8. The Morgan fingerprint density at radius 3 is 2.30 bits per heavy atom.